The van der Waals surface area contributed by atoms with Crippen molar-refractivity contribution in [2.75, 3.05) is 13.7 Å². The largest absolute Gasteiger partial charge is 0.480 e. The number of carboxylic acids is 1. The van der Waals surface area contributed by atoms with Crippen LogP contribution < -0.4 is 0 Å². The molecule has 0 unspecified atom stereocenters. The van der Waals surface area contributed by atoms with Gasteiger partial charge in [-0.05, 0) is 48.9 Å². The van der Waals surface area contributed by atoms with E-state index < -0.39 is 36.2 Å². The maximum atomic E-state index is 14.8. The smallest absolute Gasteiger partial charge is 0.417 e. The van der Waals surface area contributed by atoms with E-state index in [4.69, 9.17) is 9.63 Å². The van der Waals surface area contributed by atoms with Crippen LogP contribution in [0.15, 0.2) is 65.2 Å². The predicted octanol–water partition coefficient (Wildman–Crippen LogP) is 5.41. The van der Waals surface area contributed by atoms with E-state index in [9.17, 15) is 27.5 Å². The van der Waals surface area contributed by atoms with Crippen molar-refractivity contribution in [2.24, 2.45) is 0 Å². The number of halogens is 4. The Morgan fingerprint density at radius 1 is 1.05 bits per heavy atom. The third kappa shape index (κ3) is 5.58. The Bertz CT molecular complexity index is 1470. The van der Waals surface area contributed by atoms with Gasteiger partial charge in [-0.2, -0.15) is 18.2 Å². The van der Waals surface area contributed by atoms with Crippen LogP contribution in [-0.4, -0.2) is 50.9 Å². The van der Waals surface area contributed by atoms with Crippen molar-refractivity contribution in [3.8, 4) is 34.0 Å². The number of aryl methyl sites for hydroxylation is 1. The number of aliphatic carboxylic acids is 1. The van der Waals surface area contributed by atoms with Gasteiger partial charge < -0.3 is 14.7 Å². The number of hydrogen-bond acceptors (Lipinski definition) is 6. The molecule has 1 aromatic heterocycles. The van der Waals surface area contributed by atoms with Crippen molar-refractivity contribution in [1.29, 1.82) is 0 Å². The molecule has 0 amide bonds. The fraction of sp³-hybridized carbons (Fsp3) is 0.222. The Hall–Kier alpha value is -4.09. The molecule has 0 saturated heterocycles. The highest BCUT2D eigenvalue weighted by Crippen LogP contribution is 2.40. The van der Waals surface area contributed by atoms with Crippen molar-refractivity contribution >= 4 is 5.97 Å². The summed E-state index contributed by atoms with van der Waals surface area (Å²) in [5.41, 5.74) is 0.745. The highest BCUT2D eigenvalue weighted by Gasteiger charge is 2.35. The number of benzene rings is 3. The molecule has 0 saturated carbocycles. The zero-order chi connectivity index (χ0) is 27.6. The second-order valence-electron chi connectivity index (χ2n) is 8.75. The second-order valence-corrected chi connectivity index (χ2v) is 8.75. The standard InChI is InChI=1S/C27H23F4N3O4/c1-15-5-3-4-6-19(15)20-10-9-17(11-21(20)27(29,30)31)25-32-24(33-38-25)16-7-8-18(22(28)12-16)13-34(2)23(14-35)26(36)37/h3-12,23,35H,13-14H2,1-2H3,(H,36,37)/t23-/m0/s1. The molecule has 7 nitrogen and oxygen atoms in total. The van der Waals surface area contributed by atoms with Gasteiger partial charge in [-0.1, -0.05) is 47.6 Å². The van der Waals surface area contributed by atoms with Crippen LogP contribution in [0.3, 0.4) is 0 Å². The fourth-order valence-corrected chi connectivity index (χ4v) is 4.08. The zero-order valence-electron chi connectivity index (χ0n) is 20.3. The Kier molecular flexibility index (Phi) is 7.61. The van der Waals surface area contributed by atoms with Crippen molar-refractivity contribution in [2.45, 2.75) is 25.7 Å². The van der Waals surface area contributed by atoms with Crippen LogP contribution in [0.1, 0.15) is 16.7 Å². The van der Waals surface area contributed by atoms with Gasteiger partial charge in [0.1, 0.15) is 11.9 Å². The van der Waals surface area contributed by atoms with Gasteiger partial charge in [0, 0.05) is 23.2 Å². The Morgan fingerprint density at radius 2 is 1.76 bits per heavy atom. The lowest BCUT2D eigenvalue weighted by Gasteiger charge is -2.23. The average Bonchev–Trinajstić information content (AvgIpc) is 3.35. The summed E-state index contributed by atoms with van der Waals surface area (Å²) in [6.07, 6.45) is -4.64. The molecule has 0 bridgehead atoms. The lowest BCUT2D eigenvalue weighted by atomic mass is 9.94. The molecule has 4 aromatic rings. The van der Waals surface area contributed by atoms with Crippen LogP contribution >= 0.6 is 0 Å². The van der Waals surface area contributed by atoms with E-state index in [-0.39, 0.29) is 40.5 Å². The third-order valence-corrected chi connectivity index (χ3v) is 6.15. The summed E-state index contributed by atoms with van der Waals surface area (Å²) < 4.78 is 61.9. The zero-order valence-corrected chi connectivity index (χ0v) is 20.3. The maximum absolute atomic E-state index is 14.8. The molecule has 0 aliphatic heterocycles. The summed E-state index contributed by atoms with van der Waals surface area (Å²) in [6.45, 7) is 1.00. The number of aliphatic hydroxyl groups excluding tert-OH is 1. The van der Waals surface area contributed by atoms with Gasteiger partial charge >= 0.3 is 12.1 Å². The lowest BCUT2D eigenvalue weighted by molar-refractivity contribution is -0.144. The topological polar surface area (TPSA) is 99.7 Å². The first kappa shape index (κ1) is 27.0. The predicted molar refractivity (Wildman–Crippen MR) is 130 cm³/mol. The molecule has 11 heteroatoms. The molecule has 0 spiro atoms. The molecule has 0 aliphatic carbocycles. The number of carboxylic acid groups (broad SMARTS) is 1. The van der Waals surface area contributed by atoms with Gasteiger partial charge in [-0.25, -0.2) is 4.39 Å². The number of aliphatic hydroxyl groups is 1. The Morgan fingerprint density at radius 3 is 2.39 bits per heavy atom. The molecule has 1 heterocycles. The fourth-order valence-electron chi connectivity index (χ4n) is 4.08. The number of likely N-dealkylation sites (N-methyl/N-ethyl adjacent to an activating group) is 1. The highest BCUT2D eigenvalue weighted by atomic mass is 19.4. The minimum atomic E-state index is -4.64. The van der Waals surface area contributed by atoms with E-state index in [2.05, 4.69) is 10.1 Å². The Labute approximate surface area is 215 Å². The molecular formula is C27H23F4N3O4. The molecule has 198 valence electrons. The maximum Gasteiger partial charge on any atom is 0.417 e. The summed E-state index contributed by atoms with van der Waals surface area (Å²) in [7, 11) is 1.44. The van der Waals surface area contributed by atoms with Crippen molar-refractivity contribution in [1.82, 2.24) is 15.0 Å². The summed E-state index contributed by atoms with van der Waals surface area (Å²) >= 11 is 0. The van der Waals surface area contributed by atoms with Gasteiger partial charge in [0.25, 0.3) is 5.89 Å². The van der Waals surface area contributed by atoms with Crippen LogP contribution in [0.5, 0.6) is 0 Å². The van der Waals surface area contributed by atoms with Crippen molar-refractivity contribution < 1.29 is 37.1 Å². The van der Waals surface area contributed by atoms with Crippen LogP contribution in [0.4, 0.5) is 17.6 Å². The van der Waals surface area contributed by atoms with E-state index in [1.807, 2.05) is 0 Å². The molecular weight excluding hydrogens is 506 g/mol. The molecule has 0 radical (unpaired) electrons. The normalized spacial score (nSPS) is 12.6. The highest BCUT2D eigenvalue weighted by molar-refractivity contribution is 5.75. The second kappa shape index (κ2) is 10.7. The molecule has 3 aromatic carbocycles. The number of rotatable bonds is 8. The minimum Gasteiger partial charge on any atom is -0.480 e. The van der Waals surface area contributed by atoms with Gasteiger partial charge in [0.2, 0.25) is 5.82 Å². The Balaban J connectivity index is 1.63. The van der Waals surface area contributed by atoms with Crippen LogP contribution in [-0.2, 0) is 17.5 Å². The molecule has 4 rings (SSSR count). The number of aromatic nitrogens is 2. The van der Waals surface area contributed by atoms with E-state index in [0.717, 1.165) is 12.1 Å². The summed E-state index contributed by atoms with van der Waals surface area (Å²) in [4.78, 5) is 16.6. The average molecular weight is 529 g/mol. The third-order valence-electron chi connectivity index (χ3n) is 6.15. The van der Waals surface area contributed by atoms with E-state index in [1.165, 1.54) is 36.2 Å². The molecule has 1 atom stereocenters. The number of carbonyl (C=O) groups is 1. The van der Waals surface area contributed by atoms with Gasteiger partial charge in [-0.3, -0.25) is 9.69 Å². The van der Waals surface area contributed by atoms with Crippen molar-refractivity contribution in [3.63, 3.8) is 0 Å². The SMILES string of the molecule is Cc1ccccc1-c1ccc(-c2nc(-c3ccc(CN(C)[C@@H](CO)C(=O)O)c(F)c3)no2)cc1C(F)(F)F. The molecule has 2 N–H and O–H groups in total. The van der Waals surface area contributed by atoms with Crippen molar-refractivity contribution in [3.05, 3.63) is 83.2 Å². The first-order valence-electron chi connectivity index (χ1n) is 11.4. The van der Waals surface area contributed by atoms with E-state index in [0.29, 0.717) is 11.1 Å². The van der Waals surface area contributed by atoms with E-state index >= 15 is 0 Å². The molecule has 0 aliphatic rings. The number of nitrogens with zero attached hydrogens (tertiary/aromatic N) is 3. The van der Waals surface area contributed by atoms with E-state index in [1.54, 1.807) is 31.2 Å². The quantitative estimate of drug-likeness (QED) is 0.294. The number of alkyl halides is 3. The summed E-state index contributed by atoms with van der Waals surface area (Å²) in [5.74, 6) is -2.12. The lowest BCUT2D eigenvalue weighted by Crippen LogP contribution is -2.40. The first-order valence-corrected chi connectivity index (χ1v) is 11.4. The van der Waals surface area contributed by atoms with Gasteiger partial charge in [0.05, 0.1) is 12.2 Å². The van der Waals surface area contributed by atoms with Crippen LogP contribution in [0.2, 0.25) is 0 Å². The molecule has 0 fully saturated rings. The van der Waals surface area contributed by atoms with Crippen LogP contribution in [0, 0.1) is 12.7 Å². The van der Waals surface area contributed by atoms with Gasteiger partial charge in [-0.15, -0.1) is 0 Å². The van der Waals surface area contributed by atoms with Crippen LogP contribution in [0.25, 0.3) is 34.0 Å². The summed E-state index contributed by atoms with van der Waals surface area (Å²) in [5, 5.41) is 22.2. The summed E-state index contributed by atoms with van der Waals surface area (Å²) in [6, 6.07) is 13.3. The monoisotopic (exact) mass is 529 g/mol. The first-order chi connectivity index (χ1) is 18.0. The number of hydrogen-bond donors (Lipinski definition) is 2. The molecule has 38 heavy (non-hydrogen) atoms. The van der Waals surface area contributed by atoms with Gasteiger partial charge in [0.15, 0.2) is 0 Å². The minimum absolute atomic E-state index is 0.0213.